The lowest BCUT2D eigenvalue weighted by molar-refractivity contribution is -0.0899. The standard InChI is InChI=1S/C28H23BO2S/c1-27(2,30)28(3,4)31-20-13-12-17-15-8-5-6-9-16(15)18-14-22-26(25(20)23(17)18)24-19(29)10-7-11-21(24)32-22/h5-14,30H,1-4H3. The van der Waals surface area contributed by atoms with Crippen molar-refractivity contribution in [2.45, 2.75) is 38.9 Å². The molecule has 0 saturated heterocycles. The van der Waals surface area contributed by atoms with E-state index in [2.05, 4.69) is 48.5 Å². The number of rotatable bonds is 3. The fourth-order valence-corrected chi connectivity index (χ4v) is 5.92. The van der Waals surface area contributed by atoms with E-state index in [1.54, 1.807) is 25.2 Å². The number of benzene rings is 4. The molecule has 2 nitrogen and oxygen atoms in total. The highest BCUT2D eigenvalue weighted by molar-refractivity contribution is 7.26. The molecule has 4 heteroatoms. The highest BCUT2D eigenvalue weighted by Crippen LogP contribution is 2.54. The van der Waals surface area contributed by atoms with Gasteiger partial charge in [0.1, 0.15) is 19.2 Å². The van der Waals surface area contributed by atoms with Gasteiger partial charge in [0.05, 0.1) is 5.60 Å². The van der Waals surface area contributed by atoms with Crippen molar-refractivity contribution in [1.29, 1.82) is 0 Å². The molecule has 1 N–H and O–H groups in total. The van der Waals surface area contributed by atoms with Gasteiger partial charge in [-0.2, -0.15) is 0 Å². The quantitative estimate of drug-likeness (QED) is 0.319. The highest BCUT2D eigenvalue weighted by atomic mass is 32.1. The second kappa shape index (κ2) is 6.37. The van der Waals surface area contributed by atoms with E-state index in [1.807, 2.05) is 26.0 Å². The molecule has 0 bridgehead atoms. The zero-order chi connectivity index (χ0) is 22.4. The minimum atomic E-state index is -1.02. The van der Waals surface area contributed by atoms with Crippen LogP contribution >= 0.6 is 11.3 Å². The predicted octanol–water partition coefficient (Wildman–Crippen LogP) is 6.58. The summed E-state index contributed by atoms with van der Waals surface area (Å²) >= 11 is 1.77. The van der Waals surface area contributed by atoms with Crippen LogP contribution in [0.2, 0.25) is 0 Å². The van der Waals surface area contributed by atoms with Crippen LogP contribution in [0.25, 0.3) is 53.2 Å². The molecule has 1 heterocycles. The van der Waals surface area contributed by atoms with E-state index in [0.717, 1.165) is 27.4 Å². The molecule has 156 valence electrons. The van der Waals surface area contributed by atoms with Gasteiger partial charge < -0.3 is 9.84 Å². The summed E-state index contributed by atoms with van der Waals surface area (Å²) in [6.07, 6.45) is 0. The Morgan fingerprint density at radius 3 is 2.16 bits per heavy atom. The van der Waals surface area contributed by atoms with Gasteiger partial charge in [-0.15, -0.1) is 11.3 Å². The van der Waals surface area contributed by atoms with E-state index in [1.165, 1.54) is 37.0 Å². The van der Waals surface area contributed by atoms with E-state index in [9.17, 15) is 5.11 Å². The van der Waals surface area contributed by atoms with Gasteiger partial charge in [0.2, 0.25) is 0 Å². The van der Waals surface area contributed by atoms with Crippen molar-refractivity contribution in [2.24, 2.45) is 0 Å². The van der Waals surface area contributed by atoms with Crippen molar-refractivity contribution in [3.8, 4) is 28.0 Å². The third-order valence-corrected chi connectivity index (χ3v) is 8.18. The lowest BCUT2D eigenvalue weighted by Crippen LogP contribution is -2.49. The van der Waals surface area contributed by atoms with Crippen LogP contribution in [0.4, 0.5) is 0 Å². The largest absolute Gasteiger partial charge is 0.484 e. The zero-order valence-electron chi connectivity index (χ0n) is 18.6. The smallest absolute Gasteiger partial charge is 0.131 e. The molecule has 6 rings (SSSR count). The maximum atomic E-state index is 10.8. The first-order chi connectivity index (χ1) is 15.2. The molecule has 5 aromatic rings. The Bertz CT molecular complexity index is 1570. The molecular weight excluding hydrogens is 411 g/mol. The molecule has 4 aromatic carbocycles. The summed E-state index contributed by atoms with van der Waals surface area (Å²) in [5.41, 5.74) is 3.91. The fourth-order valence-electron chi connectivity index (χ4n) is 4.73. The summed E-state index contributed by atoms with van der Waals surface area (Å²) in [5.74, 6) is 0.776. The van der Waals surface area contributed by atoms with E-state index in [4.69, 9.17) is 12.6 Å². The molecule has 0 atom stereocenters. The molecular formula is C28H23BO2S. The molecule has 1 aliphatic carbocycles. The second-order valence-electron chi connectivity index (χ2n) is 9.70. The molecule has 0 aliphatic heterocycles. The first-order valence-corrected chi connectivity index (χ1v) is 11.7. The van der Waals surface area contributed by atoms with Crippen LogP contribution < -0.4 is 10.2 Å². The van der Waals surface area contributed by atoms with Crippen molar-refractivity contribution in [1.82, 2.24) is 0 Å². The van der Waals surface area contributed by atoms with Crippen LogP contribution in [0.3, 0.4) is 0 Å². The number of thiophene rings is 1. The van der Waals surface area contributed by atoms with Crippen molar-refractivity contribution in [3.05, 3.63) is 60.7 Å². The van der Waals surface area contributed by atoms with Gasteiger partial charge in [0.25, 0.3) is 0 Å². The maximum Gasteiger partial charge on any atom is 0.131 e. The van der Waals surface area contributed by atoms with Crippen molar-refractivity contribution in [3.63, 3.8) is 0 Å². The third-order valence-electron chi connectivity index (χ3n) is 7.08. The molecule has 0 fully saturated rings. The minimum absolute atomic E-state index is 0.776. The molecule has 2 radical (unpaired) electrons. The predicted molar refractivity (Wildman–Crippen MR) is 138 cm³/mol. The SMILES string of the molecule is [B]c1cccc2sc3cc4c5c(ccc(OC(C)(C)C(C)(C)O)c5c3c12)-c1ccccc1-4. The highest BCUT2D eigenvalue weighted by Gasteiger charge is 2.38. The van der Waals surface area contributed by atoms with Crippen molar-refractivity contribution >= 4 is 55.6 Å². The Morgan fingerprint density at radius 1 is 0.719 bits per heavy atom. The van der Waals surface area contributed by atoms with Crippen molar-refractivity contribution < 1.29 is 9.84 Å². The Kier molecular flexibility index (Phi) is 3.95. The Labute approximate surface area is 192 Å². The van der Waals surface area contributed by atoms with Crippen LogP contribution in [0.5, 0.6) is 5.75 Å². The normalized spacial score (nSPS) is 13.3. The summed E-state index contributed by atoms with van der Waals surface area (Å²) in [5, 5.41) is 15.3. The van der Waals surface area contributed by atoms with Gasteiger partial charge in [-0.3, -0.25) is 0 Å². The molecule has 1 aromatic heterocycles. The van der Waals surface area contributed by atoms with Gasteiger partial charge in [0.15, 0.2) is 0 Å². The number of fused-ring (bicyclic) bond motifs is 7. The Morgan fingerprint density at radius 2 is 1.44 bits per heavy atom. The molecule has 0 saturated carbocycles. The Balaban J connectivity index is 1.81. The van der Waals surface area contributed by atoms with Crippen LogP contribution in [-0.4, -0.2) is 24.2 Å². The van der Waals surface area contributed by atoms with Gasteiger partial charge in [-0.05, 0) is 73.5 Å². The summed E-state index contributed by atoms with van der Waals surface area (Å²) in [6.45, 7) is 7.44. The average molecular weight is 434 g/mol. The van der Waals surface area contributed by atoms with Crippen LogP contribution in [-0.2, 0) is 0 Å². The van der Waals surface area contributed by atoms with Gasteiger partial charge in [-0.25, -0.2) is 0 Å². The fraction of sp³-hybridized carbons (Fsp3) is 0.214. The van der Waals surface area contributed by atoms with Gasteiger partial charge in [-0.1, -0.05) is 47.9 Å². The van der Waals surface area contributed by atoms with E-state index in [-0.39, 0.29) is 0 Å². The van der Waals surface area contributed by atoms with E-state index < -0.39 is 11.2 Å². The number of ether oxygens (including phenoxy) is 1. The molecule has 0 amide bonds. The first-order valence-electron chi connectivity index (χ1n) is 10.9. The summed E-state index contributed by atoms with van der Waals surface area (Å²) in [7, 11) is 6.51. The maximum absolute atomic E-state index is 10.8. The van der Waals surface area contributed by atoms with Gasteiger partial charge in [0, 0.05) is 25.6 Å². The topological polar surface area (TPSA) is 29.5 Å². The monoisotopic (exact) mass is 434 g/mol. The number of hydrogen-bond donors (Lipinski definition) is 1. The summed E-state index contributed by atoms with van der Waals surface area (Å²) < 4.78 is 8.96. The molecule has 1 aliphatic rings. The zero-order valence-corrected chi connectivity index (χ0v) is 19.4. The molecule has 0 unspecified atom stereocenters. The average Bonchev–Trinajstić information content (AvgIpc) is 3.26. The lowest BCUT2D eigenvalue weighted by atomic mass is 9.88. The third kappa shape index (κ3) is 2.57. The second-order valence-corrected chi connectivity index (χ2v) is 10.8. The van der Waals surface area contributed by atoms with Gasteiger partial charge >= 0.3 is 0 Å². The minimum Gasteiger partial charge on any atom is -0.484 e. The first kappa shape index (κ1) is 19.8. The van der Waals surface area contributed by atoms with Crippen LogP contribution in [0.1, 0.15) is 27.7 Å². The number of hydrogen-bond acceptors (Lipinski definition) is 3. The molecule has 32 heavy (non-hydrogen) atoms. The summed E-state index contributed by atoms with van der Waals surface area (Å²) in [6, 6.07) is 21.2. The van der Waals surface area contributed by atoms with Crippen LogP contribution in [0, 0.1) is 0 Å². The van der Waals surface area contributed by atoms with E-state index in [0.29, 0.717) is 0 Å². The Hall–Kier alpha value is -2.82. The van der Waals surface area contributed by atoms with E-state index >= 15 is 0 Å². The lowest BCUT2D eigenvalue weighted by Gasteiger charge is -2.38. The molecule has 0 spiro atoms. The number of aliphatic hydroxyl groups is 1. The van der Waals surface area contributed by atoms with Crippen molar-refractivity contribution in [2.75, 3.05) is 0 Å². The van der Waals surface area contributed by atoms with Crippen LogP contribution in [0.15, 0.2) is 60.7 Å². The summed E-state index contributed by atoms with van der Waals surface area (Å²) in [4.78, 5) is 0.